The molecule has 1 aliphatic rings. The Morgan fingerprint density at radius 2 is 2.35 bits per heavy atom. The summed E-state index contributed by atoms with van der Waals surface area (Å²) in [4.78, 5) is 13.2. The van der Waals surface area contributed by atoms with E-state index in [9.17, 15) is 4.79 Å². The van der Waals surface area contributed by atoms with Crippen LogP contribution in [0.25, 0.3) is 0 Å². The van der Waals surface area contributed by atoms with Gasteiger partial charge in [0.25, 0.3) is 0 Å². The van der Waals surface area contributed by atoms with Crippen molar-refractivity contribution < 1.29 is 4.79 Å². The maximum absolute atomic E-state index is 11.1. The van der Waals surface area contributed by atoms with Gasteiger partial charge in [-0.3, -0.25) is 4.79 Å². The van der Waals surface area contributed by atoms with Crippen LogP contribution in [0.4, 0.5) is 5.69 Å². The number of hydrogen-bond donors (Lipinski definition) is 1. The Kier molecular flexibility index (Phi) is 3.34. The van der Waals surface area contributed by atoms with Gasteiger partial charge in [0, 0.05) is 17.6 Å². The first kappa shape index (κ1) is 11.9. The quantitative estimate of drug-likeness (QED) is 0.901. The van der Waals surface area contributed by atoms with Crippen LogP contribution in [0, 0.1) is 17.2 Å². The Morgan fingerprint density at radius 3 is 2.94 bits per heavy atom. The first-order chi connectivity index (χ1) is 8.11. The number of primary amides is 1. The number of anilines is 1. The maximum atomic E-state index is 11.1. The minimum Gasteiger partial charge on any atom is -0.370 e. The van der Waals surface area contributed by atoms with Crippen molar-refractivity contribution in [2.75, 3.05) is 18.0 Å². The normalized spacial score (nSPS) is 19.1. The zero-order chi connectivity index (χ0) is 12.4. The molecule has 1 heterocycles. The van der Waals surface area contributed by atoms with Crippen LogP contribution in [0.5, 0.6) is 0 Å². The van der Waals surface area contributed by atoms with E-state index in [0.717, 1.165) is 23.1 Å². The molecule has 1 atom stereocenters. The molecule has 0 saturated carbocycles. The van der Waals surface area contributed by atoms with E-state index in [-0.39, 0.29) is 11.8 Å². The lowest BCUT2D eigenvalue weighted by atomic mass is 10.1. The van der Waals surface area contributed by atoms with E-state index in [1.54, 1.807) is 6.07 Å². The molecule has 1 aromatic rings. The number of hydrogen-bond acceptors (Lipinski definition) is 3. The van der Waals surface area contributed by atoms with E-state index in [2.05, 4.69) is 22.0 Å². The second-order valence-corrected chi connectivity index (χ2v) is 5.02. The Bertz CT molecular complexity index is 495. The van der Waals surface area contributed by atoms with Gasteiger partial charge in [-0.2, -0.15) is 5.26 Å². The predicted molar refractivity (Wildman–Crippen MR) is 68.4 cm³/mol. The van der Waals surface area contributed by atoms with Gasteiger partial charge in [-0.15, -0.1) is 0 Å². The van der Waals surface area contributed by atoms with Gasteiger partial charge in [0.15, 0.2) is 0 Å². The van der Waals surface area contributed by atoms with Crippen molar-refractivity contribution in [1.29, 1.82) is 5.26 Å². The second kappa shape index (κ2) is 4.76. The molecule has 5 heteroatoms. The molecule has 0 bridgehead atoms. The summed E-state index contributed by atoms with van der Waals surface area (Å²) in [6.45, 7) is 1.37. The Morgan fingerprint density at radius 1 is 1.59 bits per heavy atom. The molecule has 4 nitrogen and oxygen atoms in total. The molecule has 0 radical (unpaired) electrons. The molecule has 1 unspecified atom stereocenters. The first-order valence-corrected chi connectivity index (χ1v) is 6.15. The highest BCUT2D eigenvalue weighted by Crippen LogP contribution is 2.28. The zero-order valence-corrected chi connectivity index (χ0v) is 10.8. The average molecular weight is 294 g/mol. The molecule has 2 rings (SSSR count). The Balaban J connectivity index is 2.25. The van der Waals surface area contributed by atoms with Gasteiger partial charge < -0.3 is 10.6 Å². The SMILES string of the molecule is N#Cc1cc(Br)ccc1N1CCC(C(N)=O)C1. The van der Waals surface area contributed by atoms with Gasteiger partial charge >= 0.3 is 0 Å². The van der Waals surface area contributed by atoms with Crippen molar-refractivity contribution in [3.05, 3.63) is 28.2 Å². The second-order valence-electron chi connectivity index (χ2n) is 4.11. The fraction of sp³-hybridized carbons (Fsp3) is 0.333. The molecular formula is C12H12BrN3O. The average Bonchev–Trinajstić information content (AvgIpc) is 2.78. The summed E-state index contributed by atoms with van der Waals surface area (Å²) in [5.41, 5.74) is 6.78. The fourth-order valence-electron chi connectivity index (χ4n) is 2.08. The molecule has 17 heavy (non-hydrogen) atoms. The third-order valence-electron chi connectivity index (χ3n) is 3.01. The molecule has 1 amide bonds. The Hall–Kier alpha value is -1.54. The zero-order valence-electron chi connectivity index (χ0n) is 9.19. The minimum atomic E-state index is -0.261. The van der Waals surface area contributed by atoms with Crippen molar-refractivity contribution in [2.45, 2.75) is 6.42 Å². The number of halogens is 1. The van der Waals surface area contributed by atoms with Gasteiger partial charge in [0.2, 0.25) is 5.91 Å². The largest absolute Gasteiger partial charge is 0.370 e. The molecule has 0 spiro atoms. The van der Waals surface area contributed by atoms with E-state index in [0.29, 0.717) is 12.1 Å². The molecule has 2 N–H and O–H groups in total. The Labute approximate surface area is 108 Å². The number of carbonyl (C=O) groups is 1. The van der Waals surface area contributed by atoms with Crippen molar-refractivity contribution in [3.63, 3.8) is 0 Å². The van der Waals surface area contributed by atoms with Crippen LogP contribution >= 0.6 is 15.9 Å². The number of rotatable bonds is 2. The molecular weight excluding hydrogens is 282 g/mol. The fourth-order valence-corrected chi connectivity index (χ4v) is 2.45. The smallest absolute Gasteiger partial charge is 0.222 e. The summed E-state index contributed by atoms with van der Waals surface area (Å²) in [6.07, 6.45) is 0.760. The summed E-state index contributed by atoms with van der Waals surface area (Å²) < 4.78 is 0.878. The summed E-state index contributed by atoms with van der Waals surface area (Å²) in [7, 11) is 0. The topological polar surface area (TPSA) is 70.1 Å². The predicted octanol–water partition coefficient (Wildman–Crippen LogP) is 1.63. The molecule has 1 aliphatic heterocycles. The molecule has 1 aromatic carbocycles. The number of carbonyl (C=O) groups excluding carboxylic acids is 1. The lowest BCUT2D eigenvalue weighted by Gasteiger charge is -2.19. The van der Waals surface area contributed by atoms with Crippen LogP contribution in [0.15, 0.2) is 22.7 Å². The monoisotopic (exact) mass is 293 g/mol. The number of nitriles is 1. The highest BCUT2D eigenvalue weighted by Gasteiger charge is 2.27. The van der Waals surface area contributed by atoms with Gasteiger partial charge in [0.1, 0.15) is 6.07 Å². The van der Waals surface area contributed by atoms with E-state index in [4.69, 9.17) is 11.0 Å². The van der Waals surface area contributed by atoms with Gasteiger partial charge in [-0.25, -0.2) is 0 Å². The first-order valence-electron chi connectivity index (χ1n) is 5.35. The van der Waals surface area contributed by atoms with Crippen molar-refractivity contribution >= 4 is 27.5 Å². The standard InChI is InChI=1S/C12H12BrN3O/c13-10-1-2-11(9(5-10)6-14)16-4-3-8(7-16)12(15)17/h1-2,5,8H,3-4,7H2,(H2,15,17). The summed E-state index contributed by atoms with van der Waals surface area (Å²) in [5.74, 6) is -0.367. The van der Waals surface area contributed by atoms with Crippen LogP contribution in [0.1, 0.15) is 12.0 Å². The summed E-state index contributed by atoms with van der Waals surface area (Å²) in [5, 5.41) is 9.09. The number of nitrogens with zero attached hydrogens (tertiary/aromatic N) is 2. The third-order valence-corrected chi connectivity index (χ3v) is 3.50. The van der Waals surface area contributed by atoms with E-state index in [1.165, 1.54) is 0 Å². The van der Waals surface area contributed by atoms with Crippen LogP contribution in [0.3, 0.4) is 0 Å². The highest BCUT2D eigenvalue weighted by atomic mass is 79.9. The van der Waals surface area contributed by atoms with E-state index >= 15 is 0 Å². The van der Waals surface area contributed by atoms with Gasteiger partial charge in [0.05, 0.1) is 17.2 Å². The molecule has 1 fully saturated rings. The van der Waals surface area contributed by atoms with E-state index in [1.807, 2.05) is 17.0 Å². The lowest BCUT2D eigenvalue weighted by Crippen LogP contribution is -2.27. The minimum absolute atomic E-state index is 0.106. The van der Waals surface area contributed by atoms with Crippen LogP contribution in [-0.2, 0) is 4.79 Å². The van der Waals surface area contributed by atoms with Crippen LogP contribution in [0.2, 0.25) is 0 Å². The third kappa shape index (κ3) is 2.42. The van der Waals surface area contributed by atoms with Crippen LogP contribution < -0.4 is 10.6 Å². The van der Waals surface area contributed by atoms with Crippen LogP contribution in [-0.4, -0.2) is 19.0 Å². The van der Waals surface area contributed by atoms with Gasteiger partial charge in [-0.1, -0.05) is 15.9 Å². The van der Waals surface area contributed by atoms with Crippen molar-refractivity contribution in [3.8, 4) is 6.07 Å². The lowest BCUT2D eigenvalue weighted by molar-refractivity contribution is -0.121. The van der Waals surface area contributed by atoms with Gasteiger partial charge in [-0.05, 0) is 24.6 Å². The molecule has 0 aliphatic carbocycles. The molecule has 1 saturated heterocycles. The van der Waals surface area contributed by atoms with Crippen molar-refractivity contribution in [1.82, 2.24) is 0 Å². The summed E-state index contributed by atoms with van der Waals surface area (Å²) >= 11 is 3.34. The number of nitrogens with two attached hydrogens (primary N) is 1. The summed E-state index contributed by atoms with van der Waals surface area (Å²) in [6, 6.07) is 7.75. The van der Waals surface area contributed by atoms with E-state index < -0.39 is 0 Å². The molecule has 0 aromatic heterocycles. The molecule has 88 valence electrons. The number of amides is 1. The number of benzene rings is 1. The van der Waals surface area contributed by atoms with Crippen molar-refractivity contribution in [2.24, 2.45) is 11.7 Å². The maximum Gasteiger partial charge on any atom is 0.222 e. The highest BCUT2D eigenvalue weighted by molar-refractivity contribution is 9.10.